The highest BCUT2D eigenvalue weighted by molar-refractivity contribution is 7.12. The van der Waals surface area contributed by atoms with Gasteiger partial charge in [0.25, 0.3) is 0 Å². The monoisotopic (exact) mass is 235 g/mol. The van der Waals surface area contributed by atoms with Crippen molar-refractivity contribution in [3.63, 3.8) is 0 Å². The van der Waals surface area contributed by atoms with Crippen molar-refractivity contribution in [3.8, 4) is 11.1 Å². The van der Waals surface area contributed by atoms with Crippen molar-refractivity contribution in [2.75, 3.05) is 0 Å². The summed E-state index contributed by atoms with van der Waals surface area (Å²) in [6, 6.07) is 4.73. The zero-order valence-corrected chi connectivity index (χ0v) is 9.30. The molecule has 2 heterocycles. The molecule has 0 bridgehead atoms. The highest BCUT2D eigenvalue weighted by Gasteiger charge is 2.09. The van der Waals surface area contributed by atoms with E-state index in [2.05, 4.69) is 4.98 Å². The van der Waals surface area contributed by atoms with Crippen molar-refractivity contribution in [2.24, 2.45) is 0 Å². The maximum absolute atomic E-state index is 11.0. The van der Waals surface area contributed by atoms with E-state index in [1.807, 2.05) is 0 Å². The van der Waals surface area contributed by atoms with E-state index < -0.39 is 5.97 Å². The lowest BCUT2D eigenvalue weighted by atomic mass is 10.1. The molecule has 2 rings (SSSR count). The molecule has 0 radical (unpaired) electrons. The molecule has 0 fully saturated rings. The first-order valence-corrected chi connectivity index (χ1v) is 5.48. The van der Waals surface area contributed by atoms with Crippen LogP contribution in [0.5, 0.6) is 0 Å². The molecule has 16 heavy (non-hydrogen) atoms. The summed E-state index contributed by atoms with van der Waals surface area (Å²) >= 11 is 1.17. The number of thiophene rings is 1. The second kappa shape index (κ2) is 3.94. The summed E-state index contributed by atoms with van der Waals surface area (Å²) in [4.78, 5) is 24.7. The number of carbonyl (C=O) groups is 1. The maximum Gasteiger partial charge on any atom is 0.345 e. The molecule has 0 aliphatic carbocycles. The van der Waals surface area contributed by atoms with Gasteiger partial charge >= 0.3 is 5.97 Å². The van der Waals surface area contributed by atoms with Gasteiger partial charge in [0.05, 0.1) is 0 Å². The third-order valence-electron chi connectivity index (χ3n) is 2.24. The van der Waals surface area contributed by atoms with Crippen molar-refractivity contribution < 1.29 is 9.90 Å². The molecule has 2 N–H and O–H groups in total. The lowest BCUT2D eigenvalue weighted by molar-refractivity contribution is 0.0702. The normalized spacial score (nSPS) is 10.3. The van der Waals surface area contributed by atoms with Gasteiger partial charge in [0, 0.05) is 17.3 Å². The Kier molecular flexibility index (Phi) is 2.62. The quantitative estimate of drug-likeness (QED) is 0.837. The number of hydrogen-bond acceptors (Lipinski definition) is 3. The number of pyridine rings is 1. The molecule has 0 unspecified atom stereocenters. The summed E-state index contributed by atoms with van der Waals surface area (Å²) in [5, 5.41) is 10.6. The number of hydrogen-bond donors (Lipinski definition) is 2. The van der Waals surface area contributed by atoms with Gasteiger partial charge in [0.15, 0.2) is 0 Å². The summed E-state index contributed by atoms with van der Waals surface area (Å²) in [5.41, 5.74) is 2.25. The van der Waals surface area contributed by atoms with Crippen LogP contribution in [-0.4, -0.2) is 16.1 Å². The Bertz CT molecular complexity index is 597. The Morgan fingerprint density at radius 1 is 1.44 bits per heavy atom. The molecule has 0 atom stereocenters. The molecule has 0 amide bonds. The van der Waals surface area contributed by atoms with Gasteiger partial charge in [-0.3, -0.25) is 4.79 Å². The number of aromatic amines is 1. The minimum absolute atomic E-state index is 0.157. The number of nitrogens with one attached hydrogen (secondary N) is 1. The third kappa shape index (κ3) is 1.90. The highest BCUT2D eigenvalue weighted by Crippen LogP contribution is 2.26. The largest absolute Gasteiger partial charge is 0.477 e. The van der Waals surface area contributed by atoms with Gasteiger partial charge in [-0.05, 0) is 30.0 Å². The fourth-order valence-electron chi connectivity index (χ4n) is 1.48. The maximum atomic E-state index is 11.0. The van der Waals surface area contributed by atoms with Crippen molar-refractivity contribution in [1.82, 2.24) is 4.98 Å². The van der Waals surface area contributed by atoms with Crippen molar-refractivity contribution in [3.05, 3.63) is 44.5 Å². The lowest BCUT2D eigenvalue weighted by Crippen LogP contribution is -2.05. The molecule has 0 saturated heterocycles. The number of carboxylic acid groups (broad SMARTS) is 1. The molecule has 4 nitrogen and oxygen atoms in total. The van der Waals surface area contributed by atoms with E-state index in [0.717, 1.165) is 16.8 Å². The minimum atomic E-state index is -0.932. The second-order valence-corrected chi connectivity index (χ2v) is 4.28. The van der Waals surface area contributed by atoms with Gasteiger partial charge in [0.2, 0.25) is 5.56 Å². The van der Waals surface area contributed by atoms with Gasteiger partial charge in [-0.1, -0.05) is 0 Å². The molecule has 0 aliphatic heterocycles. The first-order chi connectivity index (χ1) is 7.58. The minimum Gasteiger partial charge on any atom is -0.477 e. The average molecular weight is 235 g/mol. The highest BCUT2D eigenvalue weighted by atomic mass is 32.1. The summed E-state index contributed by atoms with van der Waals surface area (Å²) in [7, 11) is 0. The van der Waals surface area contributed by atoms with Crippen molar-refractivity contribution in [2.45, 2.75) is 6.92 Å². The molecule has 0 aromatic carbocycles. The number of aromatic carboxylic acids is 1. The van der Waals surface area contributed by atoms with Crippen LogP contribution in [0.2, 0.25) is 0 Å². The standard InChI is InChI=1S/C11H9NO3S/c1-6-8(2-3-10(13)12-6)7-4-9(11(14)15)16-5-7/h2-5H,1H3,(H,12,13)(H,14,15). The van der Waals surface area contributed by atoms with Crippen LogP contribution in [0.15, 0.2) is 28.4 Å². The number of rotatable bonds is 2. The molecular formula is C11H9NO3S. The summed E-state index contributed by atoms with van der Waals surface area (Å²) in [5.74, 6) is -0.932. The molecule has 0 aliphatic rings. The van der Waals surface area contributed by atoms with Crippen LogP contribution in [0.3, 0.4) is 0 Å². The predicted octanol–water partition coefficient (Wildman–Crippen LogP) is 2.11. The lowest BCUT2D eigenvalue weighted by Gasteiger charge is -2.01. The summed E-state index contributed by atoms with van der Waals surface area (Å²) in [6.45, 7) is 1.79. The van der Waals surface area contributed by atoms with Crippen LogP contribution in [0, 0.1) is 6.92 Å². The van der Waals surface area contributed by atoms with Gasteiger partial charge in [0.1, 0.15) is 4.88 Å². The molecule has 82 valence electrons. The van der Waals surface area contributed by atoms with E-state index in [1.165, 1.54) is 17.4 Å². The Hall–Kier alpha value is -1.88. The van der Waals surface area contributed by atoms with Gasteiger partial charge in [-0.25, -0.2) is 4.79 Å². The van der Waals surface area contributed by atoms with E-state index in [4.69, 9.17) is 5.11 Å². The SMILES string of the molecule is Cc1[nH]c(=O)ccc1-c1csc(C(=O)O)c1. The van der Waals surface area contributed by atoms with Crippen molar-refractivity contribution in [1.29, 1.82) is 0 Å². The summed E-state index contributed by atoms with van der Waals surface area (Å²) < 4.78 is 0. The third-order valence-corrected chi connectivity index (χ3v) is 3.16. The van der Waals surface area contributed by atoms with Gasteiger partial charge in [-0.2, -0.15) is 0 Å². The van der Waals surface area contributed by atoms with Crippen molar-refractivity contribution >= 4 is 17.3 Å². The first-order valence-electron chi connectivity index (χ1n) is 4.60. The molecule has 0 saturated carbocycles. The van der Waals surface area contributed by atoms with Crippen LogP contribution < -0.4 is 5.56 Å². The number of H-pyrrole nitrogens is 1. The second-order valence-electron chi connectivity index (χ2n) is 3.37. The Morgan fingerprint density at radius 2 is 2.19 bits per heavy atom. The zero-order valence-electron chi connectivity index (χ0n) is 8.48. The topological polar surface area (TPSA) is 70.2 Å². The molecular weight excluding hydrogens is 226 g/mol. The molecule has 2 aromatic heterocycles. The van der Waals surface area contributed by atoms with E-state index in [-0.39, 0.29) is 5.56 Å². The first kappa shape index (κ1) is 10.6. The molecule has 0 spiro atoms. The Labute approximate surface area is 95.2 Å². The average Bonchev–Trinajstić information content (AvgIpc) is 2.66. The molecule has 2 aromatic rings. The van der Waals surface area contributed by atoms with E-state index in [9.17, 15) is 9.59 Å². The van der Waals surface area contributed by atoms with Crippen LogP contribution in [0.25, 0.3) is 11.1 Å². The number of carboxylic acids is 1. The van der Waals surface area contributed by atoms with Gasteiger partial charge < -0.3 is 10.1 Å². The van der Waals surface area contributed by atoms with E-state index >= 15 is 0 Å². The van der Waals surface area contributed by atoms with E-state index in [0.29, 0.717) is 4.88 Å². The Morgan fingerprint density at radius 3 is 2.75 bits per heavy atom. The Balaban J connectivity index is 2.50. The smallest absolute Gasteiger partial charge is 0.345 e. The van der Waals surface area contributed by atoms with Gasteiger partial charge in [-0.15, -0.1) is 11.3 Å². The van der Waals surface area contributed by atoms with Crippen LogP contribution in [0.4, 0.5) is 0 Å². The number of aromatic nitrogens is 1. The van der Waals surface area contributed by atoms with Crippen LogP contribution in [0.1, 0.15) is 15.4 Å². The summed E-state index contributed by atoms with van der Waals surface area (Å²) in [6.07, 6.45) is 0. The zero-order chi connectivity index (χ0) is 11.7. The fourth-order valence-corrected chi connectivity index (χ4v) is 2.22. The van der Waals surface area contributed by atoms with Crippen LogP contribution >= 0.6 is 11.3 Å². The number of aryl methyl sites for hydroxylation is 1. The van der Waals surface area contributed by atoms with Crippen LogP contribution in [-0.2, 0) is 0 Å². The molecule has 5 heteroatoms. The predicted molar refractivity (Wildman–Crippen MR) is 62.1 cm³/mol. The fraction of sp³-hybridized carbons (Fsp3) is 0.0909. The van der Waals surface area contributed by atoms with E-state index in [1.54, 1.807) is 24.4 Å².